The first kappa shape index (κ1) is 24.0. The highest BCUT2D eigenvalue weighted by Crippen LogP contribution is 2.20. The van der Waals surface area contributed by atoms with Crippen molar-refractivity contribution in [2.24, 2.45) is 0 Å². The van der Waals surface area contributed by atoms with Gasteiger partial charge in [-0.2, -0.15) is 4.31 Å². The summed E-state index contributed by atoms with van der Waals surface area (Å²) in [5, 5.41) is 2.71. The Morgan fingerprint density at radius 1 is 0.939 bits per heavy atom. The minimum atomic E-state index is -3.69. The van der Waals surface area contributed by atoms with E-state index in [-0.39, 0.29) is 18.0 Å². The Bertz CT molecular complexity index is 1210. The topological polar surface area (TPSA) is 102 Å². The van der Waals surface area contributed by atoms with E-state index >= 15 is 0 Å². The number of amides is 1. The number of rotatable bonds is 9. The van der Waals surface area contributed by atoms with Crippen molar-refractivity contribution in [3.05, 3.63) is 90.0 Å². The van der Waals surface area contributed by atoms with Gasteiger partial charge in [0.25, 0.3) is 5.91 Å². The van der Waals surface area contributed by atoms with Gasteiger partial charge < -0.3 is 14.8 Å². The fourth-order valence-corrected chi connectivity index (χ4v) is 4.11. The molecule has 3 aromatic carbocycles. The Balaban J connectivity index is 1.65. The Kier molecular flexibility index (Phi) is 7.81. The molecule has 8 nitrogen and oxygen atoms in total. The highest BCUT2D eigenvalue weighted by Gasteiger charge is 2.21. The molecule has 172 valence electrons. The third-order valence-electron chi connectivity index (χ3n) is 4.75. The van der Waals surface area contributed by atoms with Gasteiger partial charge in [0.2, 0.25) is 10.0 Å². The lowest BCUT2D eigenvalue weighted by Gasteiger charge is -2.17. The highest BCUT2D eigenvalue weighted by molar-refractivity contribution is 7.89. The zero-order chi connectivity index (χ0) is 23.8. The summed E-state index contributed by atoms with van der Waals surface area (Å²) in [4.78, 5) is 23.9. The second kappa shape index (κ2) is 10.8. The van der Waals surface area contributed by atoms with Gasteiger partial charge in [-0.1, -0.05) is 36.4 Å². The predicted molar refractivity (Wildman–Crippen MR) is 123 cm³/mol. The van der Waals surface area contributed by atoms with Crippen molar-refractivity contribution in [3.8, 4) is 5.75 Å². The molecule has 0 unspecified atom stereocenters. The molecule has 0 bridgehead atoms. The number of methoxy groups -OCH3 is 1. The maximum atomic E-state index is 12.9. The summed E-state index contributed by atoms with van der Waals surface area (Å²) in [6.45, 7) is -0.0216. The summed E-state index contributed by atoms with van der Waals surface area (Å²) < 4.78 is 36.8. The van der Waals surface area contributed by atoms with E-state index in [2.05, 4.69) is 10.1 Å². The zero-order valence-corrected chi connectivity index (χ0v) is 19.0. The fraction of sp³-hybridized carbons (Fsp3) is 0.167. The van der Waals surface area contributed by atoms with Gasteiger partial charge in [0.15, 0.2) is 6.61 Å². The average Bonchev–Trinajstić information content (AvgIpc) is 2.83. The number of ether oxygens (including phenoxy) is 2. The molecule has 3 rings (SSSR count). The van der Waals surface area contributed by atoms with Crippen LogP contribution in [0.4, 0.5) is 5.69 Å². The second-order valence-electron chi connectivity index (χ2n) is 7.12. The van der Waals surface area contributed by atoms with Gasteiger partial charge in [0.1, 0.15) is 5.75 Å². The minimum absolute atomic E-state index is 0.122. The molecule has 0 fully saturated rings. The largest absolute Gasteiger partial charge is 0.482 e. The van der Waals surface area contributed by atoms with E-state index in [1.807, 2.05) is 30.3 Å². The van der Waals surface area contributed by atoms with Crippen LogP contribution in [0.1, 0.15) is 15.9 Å². The van der Waals surface area contributed by atoms with Crippen LogP contribution in [0.15, 0.2) is 83.8 Å². The van der Waals surface area contributed by atoms with Gasteiger partial charge in [-0.05, 0) is 48.0 Å². The first-order valence-electron chi connectivity index (χ1n) is 10.0. The summed E-state index contributed by atoms with van der Waals surface area (Å²) in [6.07, 6.45) is 0. The Morgan fingerprint density at radius 3 is 2.30 bits per heavy atom. The molecule has 9 heteroatoms. The van der Waals surface area contributed by atoms with Crippen LogP contribution in [-0.4, -0.2) is 45.4 Å². The van der Waals surface area contributed by atoms with Gasteiger partial charge in [-0.15, -0.1) is 0 Å². The molecule has 33 heavy (non-hydrogen) atoms. The number of hydrogen-bond donors (Lipinski definition) is 1. The summed E-state index contributed by atoms with van der Waals surface area (Å²) >= 11 is 0. The van der Waals surface area contributed by atoms with Crippen LogP contribution >= 0.6 is 0 Å². The number of esters is 1. The van der Waals surface area contributed by atoms with Gasteiger partial charge >= 0.3 is 5.97 Å². The van der Waals surface area contributed by atoms with Gasteiger partial charge in [0.05, 0.1) is 12.0 Å². The molecule has 0 aliphatic rings. The summed E-state index contributed by atoms with van der Waals surface area (Å²) in [5.74, 6) is -0.597. The Morgan fingerprint density at radius 2 is 1.64 bits per heavy atom. The fourth-order valence-electron chi connectivity index (χ4n) is 2.95. The molecule has 0 spiro atoms. The molecule has 0 radical (unpaired) electrons. The number of nitrogens with one attached hydrogen (secondary N) is 1. The zero-order valence-electron chi connectivity index (χ0n) is 18.2. The normalized spacial score (nSPS) is 11.1. The summed E-state index contributed by atoms with van der Waals surface area (Å²) in [7, 11) is -0.911. The van der Waals surface area contributed by atoms with Crippen LogP contribution in [-0.2, 0) is 26.1 Å². The van der Waals surface area contributed by atoms with Crippen molar-refractivity contribution in [1.29, 1.82) is 0 Å². The van der Waals surface area contributed by atoms with Crippen molar-refractivity contribution in [3.63, 3.8) is 0 Å². The van der Waals surface area contributed by atoms with Crippen LogP contribution in [0.2, 0.25) is 0 Å². The van der Waals surface area contributed by atoms with Crippen molar-refractivity contribution in [2.75, 3.05) is 26.1 Å². The number of hydrogen-bond acceptors (Lipinski definition) is 6. The molecule has 0 aliphatic carbocycles. The number of carbonyl (C=O) groups is 2. The van der Waals surface area contributed by atoms with Crippen LogP contribution in [0.3, 0.4) is 0 Å². The van der Waals surface area contributed by atoms with Crippen molar-refractivity contribution >= 4 is 27.6 Å². The Hall–Kier alpha value is -3.69. The molecule has 1 N–H and O–H groups in total. The number of nitrogens with zero attached hydrogens (tertiary/aromatic N) is 1. The van der Waals surface area contributed by atoms with E-state index in [1.54, 1.807) is 18.2 Å². The van der Waals surface area contributed by atoms with Crippen molar-refractivity contribution < 1.29 is 27.5 Å². The SMILES string of the molecule is COC(=O)COc1cccc(C(=O)Nc2ccc(S(=O)(=O)N(C)Cc3ccccc3)cc2)c1. The predicted octanol–water partition coefficient (Wildman–Crippen LogP) is 3.31. The van der Waals surface area contributed by atoms with E-state index in [0.29, 0.717) is 17.0 Å². The third-order valence-corrected chi connectivity index (χ3v) is 6.57. The number of benzene rings is 3. The lowest BCUT2D eigenvalue weighted by molar-refractivity contribution is -0.142. The van der Waals surface area contributed by atoms with Crippen LogP contribution in [0.25, 0.3) is 0 Å². The van der Waals surface area contributed by atoms with E-state index in [9.17, 15) is 18.0 Å². The molecular formula is C24H24N2O6S. The van der Waals surface area contributed by atoms with Gasteiger partial charge in [-0.3, -0.25) is 4.79 Å². The maximum absolute atomic E-state index is 12.9. The minimum Gasteiger partial charge on any atom is -0.482 e. The summed E-state index contributed by atoms with van der Waals surface area (Å²) in [6, 6.07) is 21.6. The maximum Gasteiger partial charge on any atom is 0.343 e. The molecule has 0 heterocycles. The molecular weight excluding hydrogens is 444 g/mol. The van der Waals surface area contributed by atoms with Gasteiger partial charge in [-0.25, -0.2) is 13.2 Å². The molecule has 3 aromatic rings. The van der Waals surface area contributed by atoms with Crippen LogP contribution < -0.4 is 10.1 Å². The highest BCUT2D eigenvalue weighted by atomic mass is 32.2. The number of carbonyl (C=O) groups excluding carboxylic acids is 2. The molecule has 0 atom stereocenters. The lowest BCUT2D eigenvalue weighted by atomic mass is 10.2. The second-order valence-corrected chi connectivity index (χ2v) is 9.16. The molecule has 1 amide bonds. The van der Waals surface area contributed by atoms with Crippen LogP contribution in [0.5, 0.6) is 5.75 Å². The van der Waals surface area contributed by atoms with Gasteiger partial charge in [0, 0.05) is 24.8 Å². The Labute approximate surface area is 192 Å². The van der Waals surface area contributed by atoms with Crippen molar-refractivity contribution in [1.82, 2.24) is 4.31 Å². The first-order valence-corrected chi connectivity index (χ1v) is 11.4. The lowest BCUT2D eigenvalue weighted by Crippen LogP contribution is -2.26. The van der Waals surface area contributed by atoms with E-state index in [1.165, 1.54) is 48.8 Å². The van der Waals surface area contributed by atoms with Crippen molar-refractivity contribution in [2.45, 2.75) is 11.4 Å². The first-order chi connectivity index (χ1) is 15.8. The third kappa shape index (κ3) is 6.41. The molecule has 0 saturated carbocycles. The van der Waals surface area contributed by atoms with E-state index in [0.717, 1.165) is 5.56 Å². The average molecular weight is 469 g/mol. The molecule has 0 saturated heterocycles. The molecule has 0 aliphatic heterocycles. The number of sulfonamides is 1. The van der Waals surface area contributed by atoms with E-state index in [4.69, 9.17) is 4.74 Å². The smallest absolute Gasteiger partial charge is 0.343 e. The number of anilines is 1. The standard InChI is InChI=1S/C24H24N2O6S/c1-26(16-18-7-4-3-5-8-18)33(29,30)22-13-11-20(12-14-22)25-24(28)19-9-6-10-21(15-19)32-17-23(27)31-2/h3-15H,16-17H2,1-2H3,(H,25,28). The van der Waals surface area contributed by atoms with Crippen LogP contribution in [0, 0.1) is 0 Å². The monoisotopic (exact) mass is 468 g/mol. The summed E-state index contributed by atoms with van der Waals surface area (Å²) in [5.41, 5.74) is 1.63. The molecule has 0 aromatic heterocycles. The van der Waals surface area contributed by atoms with E-state index < -0.39 is 21.9 Å². The quantitative estimate of drug-likeness (QED) is 0.484.